The summed E-state index contributed by atoms with van der Waals surface area (Å²) in [5, 5.41) is 3.00. The van der Waals surface area contributed by atoms with Crippen molar-refractivity contribution in [3.63, 3.8) is 0 Å². The van der Waals surface area contributed by atoms with Crippen molar-refractivity contribution in [2.75, 3.05) is 18.4 Å². The van der Waals surface area contributed by atoms with Crippen LogP contribution in [0.25, 0.3) is 0 Å². The first-order valence-corrected chi connectivity index (χ1v) is 7.44. The summed E-state index contributed by atoms with van der Waals surface area (Å²) in [4.78, 5) is 14.7. The van der Waals surface area contributed by atoms with E-state index in [9.17, 15) is 4.79 Å². The molecule has 2 atom stereocenters. The van der Waals surface area contributed by atoms with Crippen LogP contribution in [0, 0.1) is 5.92 Å². The van der Waals surface area contributed by atoms with Crippen LogP contribution in [0.5, 0.6) is 5.75 Å². The quantitative estimate of drug-likeness (QED) is 0.921. The molecule has 1 aromatic carbocycles. The van der Waals surface area contributed by atoms with Crippen molar-refractivity contribution in [3.8, 4) is 5.75 Å². The number of hydrogen-bond donors (Lipinski definition) is 1. The zero-order chi connectivity index (χ0) is 14.1. The van der Waals surface area contributed by atoms with Gasteiger partial charge in [0.2, 0.25) is 5.91 Å². The number of nitrogens with one attached hydrogen (secondary N) is 1. The number of hydrogen-bond acceptors (Lipinski definition) is 3. The second-order valence-corrected chi connectivity index (χ2v) is 6.15. The fourth-order valence-corrected chi connectivity index (χ4v) is 2.96. The molecule has 4 nitrogen and oxygen atoms in total. The van der Waals surface area contributed by atoms with Crippen LogP contribution in [0.1, 0.15) is 26.7 Å². The van der Waals surface area contributed by atoms with E-state index in [0.717, 1.165) is 37.4 Å². The van der Waals surface area contributed by atoms with Gasteiger partial charge in [-0.1, -0.05) is 26.0 Å². The largest absolute Gasteiger partial charge is 0.487 e. The molecule has 3 rings (SSSR count). The minimum Gasteiger partial charge on any atom is -0.487 e. The Morgan fingerprint density at radius 1 is 1.40 bits per heavy atom. The van der Waals surface area contributed by atoms with Gasteiger partial charge in [0.1, 0.15) is 11.9 Å². The van der Waals surface area contributed by atoms with Crippen molar-refractivity contribution < 1.29 is 9.53 Å². The van der Waals surface area contributed by atoms with Crippen molar-refractivity contribution in [1.82, 2.24) is 4.90 Å². The van der Waals surface area contributed by atoms with E-state index in [1.54, 1.807) is 0 Å². The minimum absolute atomic E-state index is 0.0490. The van der Waals surface area contributed by atoms with E-state index in [2.05, 4.69) is 24.1 Å². The molecule has 0 aliphatic carbocycles. The molecule has 1 saturated heterocycles. The van der Waals surface area contributed by atoms with Gasteiger partial charge in [-0.2, -0.15) is 0 Å². The zero-order valence-corrected chi connectivity index (χ0v) is 12.1. The third-order valence-corrected chi connectivity index (χ3v) is 4.10. The fourth-order valence-electron chi connectivity index (χ4n) is 2.96. The van der Waals surface area contributed by atoms with Crippen LogP contribution >= 0.6 is 0 Å². The molecule has 20 heavy (non-hydrogen) atoms. The van der Waals surface area contributed by atoms with Crippen LogP contribution in [0.3, 0.4) is 0 Å². The third kappa shape index (κ3) is 2.66. The Morgan fingerprint density at radius 3 is 3.00 bits per heavy atom. The zero-order valence-electron chi connectivity index (χ0n) is 12.1. The number of likely N-dealkylation sites (tertiary alicyclic amines) is 1. The number of benzene rings is 1. The van der Waals surface area contributed by atoms with Crippen molar-refractivity contribution >= 4 is 11.6 Å². The molecule has 4 heteroatoms. The maximum absolute atomic E-state index is 12.4. The molecule has 2 heterocycles. The van der Waals surface area contributed by atoms with Gasteiger partial charge in [0.05, 0.1) is 11.7 Å². The first-order valence-electron chi connectivity index (χ1n) is 7.44. The maximum atomic E-state index is 12.4. The standard InChI is InChI=1S/C16H22N2O2/c1-11(2)7-8-18-10-12-9-14(18)16(19)17-13-5-3-4-6-15(13)20-12/h3-6,11-12,14H,7-10H2,1-2H3,(H,17,19). The second kappa shape index (κ2) is 5.44. The summed E-state index contributed by atoms with van der Waals surface area (Å²) in [6.07, 6.45) is 2.03. The predicted molar refractivity (Wildman–Crippen MR) is 78.9 cm³/mol. The average molecular weight is 274 g/mol. The fraction of sp³-hybridized carbons (Fsp3) is 0.562. The summed E-state index contributed by atoms with van der Waals surface area (Å²) in [5.41, 5.74) is 0.790. The lowest BCUT2D eigenvalue weighted by molar-refractivity contribution is -0.120. The number of nitrogens with zero attached hydrogens (tertiary/aromatic N) is 1. The smallest absolute Gasteiger partial charge is 0.241 e. The Labute approximate surface area is 120 Å². The summed E-state index contributed by atoms with van der Waals surface area (Å²) in [7, 11) is 0. The van der Waals surface area contributed by atoms with Crippen LogP contribution < -0.4 is 10.1 Å². The molecule has 2 aliphatic rings. The topological polar surface area (TPSA) is 41.6 Å². The molecule has 0 aromatic heterocycles. The predicted octanol–water partition coefficient (Wildman–Crippen LogP) is 2.51. The van der Waals surface area contributed by atoms with Crippen LogP contribution in [-0.4, -0.2) is 36.0 Å². The van der Waals surface area contributed by atoms with Gasteiger partial charge in [-0.3, -0.25) is 9.69 Å². The van der Waals surface area contributed by atoms with Crippen molar-refractivity contribution in [2.45, 2.75) is 38.8 Å². The Hall–Kier alpha value is -1.55. The van der Waals surface area contributed by atoms with Gasteiger partial charge in [-0.05, 0) is 31.0 Å². The first-order chi connectivity index (χ1) is 9.63. The summed E-state index contributed by atoms with van der Waals surface area (Å²) >= 11 is 0. The molecule has 0 radical (unpaired) electrons. The van der Waals surface area contributed by atoms with E-state index in [1.807, 2.05) is 24.3 Å². The lowest BCUT2D eigenvalue weighted by Crippen LogP contribution is -2.40. The molecule has 0 spiro atoms. The average Bonchev–Trinajstić information content (AvgIpc) is 2.81. The molecule has 0 saturated carbocycles. The van der Waals surface area contributed by atoms with Gasteiger partial charge >= 0.3 is 0 Å². The minimum atomic E-state index is -0.0490. The molecule has 1 amide bonds. The number of anilines is 1. The van der Waals surface area contributed by atoms with E-state index >= 15 is 0 Å². The van der Waals surface area contributed by atoms with Crippen molar-refractivity contribution in [2.24, 2.45) is 5.92 Å². The summed E-state index contributed by atoms with van der Waals surface area (Å²) in [6.45, 7) is 6.24. The number of fused-ring (bicyclic) bond motifs is 3. The maximum Gasteiger partial charge on any atom is 0.241 e. The number of carbonyl (C=O) groups is 1. The Kier molecular flexibility index (Phi) is 3.66. The lowest BCUT2D eigenvalue weighted by atomic mass is 10.1. The number of carbonyl (C=O) groups excluding carboxylic acids is 1. The van der Waals surface area contributed by atoms with Gasteiger partial charge < -0.3 is 10.1 Å². The van der Waals surface area contributed by atoms with Gasteiger partial charge in [0.15, 0.2) is 0 Å². The highest BCUT2D eigenvalue weighted by Gasteiger charge is 2.39. The van der Waals surface area contributed by atoms with Crippen molar-refractivity contribution in [3.05, 3.63) is 24.3 Å². The summed E-state index contributed by atoms with van der Waals surface area (Å²) < 4.78 is 6.06. The molecular weight excluding hydrogens is 252 g/mol. The second-order valence-electron chi connectivity index (χ2n) is 6.15. The third-order valence-electron chi connectivity index (χ3n) is 4.10. The number of amides is 1. The van der Waals surface area contributed by atoms with Crippen LogP contribution in [0.4, 0.5) is 5.69 Å². The SMILES string of the molecule is CC(C)CCN1CC2CC1C(=O)Nc1ccccc1O2. The highest BCUT2D eigenvalue weighted by atomic mass is 16.5. The molecule has 2 unspecified atom stereocenters. The van der Waals surface area contributed by atoms with E-state index in [0.29, 0.717) is 5.92 Å². The van der Waals surface area contributed by atoms with Crippen LogP contribution in [-0.2, 0) is 4.79 Å². The van der Waals surface area contributed by atoms with Gasteiger partial charge in [0.25, 0.3) is 0 Å². The lowest BCUT2D eigenvalue weighted by Gasteiger charge is -2.24. The Balaban J connectivity index is 1.78. The first kappa shape index (κ1) is 13.4. The molecule has 108 valence electrons. The molecule has 2 aliphatic heterocycles. The molecule has 1 aromatic rings. The van der Waals surface area contributed by atoms with E-state index in [1.165, 1.54) is 0 Å². The molecular formula is C16H22N2O2. The number of para-hydroxylation sites is 2. The normalized spacial score (nSPS) is 25.6. The van der Waals surface area contributed by atoms with Crippen LogP contribution in [0.15, 0.2) is 24.3 Å². The van der Waals surface area contributed by atoms with Gasteiger partial charge in [-0.15, -0.1) is 0 Å². The van der Waals surface area contributed by atoms with Crippen LogP contribution in [0.2, 0.25) is 0 Å². The molecule has 1 N–H and O–H groups in total. The molecule has 1 fully saturated rings. The highest BCUT2D eigenvalue weighted by molar-refractivity contribution is 5.96. The highest BCUT2D eigenvalue weighted by Crippen LogP contribution is 2.32. The monoisotopic (exact) mass is 274 g/mol. The van der Waals surface area contributed by atoms with E-state index < -0.39 is 0 Å². The van der Waals surface area contributed by atoms with Gasteiger partial charge in [-0.25, -0.2) is 0 Å². The Morgan fingerprint density at radius 2 is 2.20 bits per heavy atom. The number of ether oxygens (including phenoxy) is 1. The van der Waals surface area contributed by atoms with E-state index in [4.69, 9.17) is 4.74 Å². The van der Waals surface area contributed by atoms with E-state index in [-0.39, 0.29) is 18.1 Å². The summed E-state index contributed by atoms with van der Waals surface area (Å²) in [5.74, 6) is 1.54. The van der Waals surface area contributed by atoms with Gasteiger partial charge in [0, 0.05) is 13.0 Å². The number of rotatable bonds is 3. The molecule has 2 bridgehead atoms. The Bertz CT molecular complexity index is 501. The van der Waals surface area contributed by atoms with Crippen molar-refractivity contribution in [1.29, 1.82) is 0 Å². The summed E-state index contributed by atoms with van der Waals surface area (Å²) in [6, 6.07) is 7.63.